The quantitative estimate of drug-likeness (QED) is 0.817. The van der Waals surface area contributed by atoms with Crippen LogP contribution in [0.4, 0.5) is 4.79 Å². The Labute approximate surface area is 151 Å². The molecule has 2 N–H and O–H groups in total. The number of nitrogens with zero attached hydrogens (tertiary/aromatic N) is 3. The lowest BCUT2D eigenvalue weighted by molar-refractivity contribution is -0.119. The molecule has 0 saturated carbocycles. The molecule has 1 atom stereocenters. The van der Waals surface area contributed by atoms with Gasteiger partial charge in [0.2, 0.25) is 5.91 Å². The number of aryl methyl sites for hydroxylation is 1. The van der Waals surface area contributed by atoms with E-state index in [2.05, 4.69) is 20.8 Å². The summed E-state index contributed by atoms with van der Waals surface area (Å²) in [5.41, 5.74) is 0.510. The number of imide groups is 1. The van der Waals surface area contributed by atoms with E-state index in [1.807, 2.05) is 62.6 Å². The van der Waals surface area contributed by atoms with E-state index in [1.165, 1.54) is 11.8 Å². The first-order chi connectivity index (χ1) is 11.7. The van der Waals surface area contributed by atoms with Crippen LogP contribution in [0.1, 0.15) is 33.5 Å². The van der Waals surface area contributed by atoms with Gasteiger partial charge in [-0.05, 0) is 46.8 Å². The lowest BCUT2D eigenvalue weighted by atomic mass is 10.1. The number of hydrogen-bond acceptors (Lipinski definition) is 5. The van der Waals surface area contributed by atoms with Gasteiger partial charge in [0.05, 0.1) is 5.25 Å². The zero-order valence-electron chi connectivity index (χ0n) is 15.0. The number of aromatic nitrogens is 3. The Morgan fingerprint density at radius 1 is 1.16 bits per heavy atom. The third-order valence-electron chi connectivity index (χ3n) is 3.19. The minimum atomic E-state index is -0.509. The van der Waals surface area contributed by atoms with Gasteiger partial charge in [-0.25, -0.2) is 4.79 Å². The van der Waals surface area contributed by atoms with Crippen LogP contribution >= 0.6 is 11.8 Å². The topological polar surface area (TPSA) is 88.9 Å². The Morgan fingerprint density at radius 3 is 2.40 bits per heavy atom. The van der Waals surface area contributed by atoms with Gasteiger partial charge in [0.15, 0.2) is 5.16 Å². The first-order valence-corrected chi connectivity index (χ1v) is 8.82. The predicted molar refractivity (Wildman–Crippen MR) is 97.8 cm³/mol. The average Bonchev–Trinajstić information content (AvgIpc) is 2.86. The monoisotopic (exact) mass is 361 g/mol. The van der Waals surface area contributed by atoms with Crippen molar-refractivity contribution in [3.05, 3.63) is 36.2 Å². The first-order valence-electron chi connectivity index (χ1n) is 7.94. The molecular weight excluding hydrogens is 338 g/mol. The summed E-state index contributed by atoms with van der Waals surface area (Å²) in [7, 11) is 0. The van der Waals surface area contributed by atoms with E-state index >= 15 is 0 Å². The molecule has 3 amide bonds. The summed E-state index contributed by atoms with van der Waals surface area (Å²) in [5.74, 6) is 0.346. The molecule has 0 aliphatic rings. The smallest absolute Gasteiger partial charge is 0.321 e. The first kappa shape index (κ1) is 19.0. The molecule has 0 unspecified atom stereocenters. The van der Waals surface area contributed by atoms with Crippen molar-refractivity contribution >= 4 is 23.7 Å². The van der Waals surface area contributed by atoms with Crippen LogP contribution in [0, 0.1) is 6.92 Å². The molecule has 2 rings (SSSR count). The Kier molecular flexibility index (Phi) is 5.84. The highest BCUT2D eigenvalue weighted by molar-refractivity contribution is 8.00. The fourth-order valence-corrected chi connectivity index (χ4v) is 3.00. The van der Waals surface area contributed by atoms with E-state index < -0.39 is 16.8 Å². The molecule has 2 aromatic rings. The molecule has 0 fully saturated rings. The summed E-state index contributed by atoms with van der Waals surface area (Å²) in [5, 5.41) is 13.4. The number of rotatable bonds is 4. The second-order valence-corrected chi connectivity index (χ2v) is 7.96. The normalized spacial score (nSPS) is 12.5. The highest BCUT2D eigenvalue weighted by Crippen LogP contribution is 2.25. The van der Waals surface area contributed by atoms with E-state index in [-0.39, 0.29) is 5.91 Å². The zero-order chi connectivity index (χ0) is 18.6. The van der Waals surface area contributed by atoms with E-state index in [0.717, 1.165) is 11.5 Å². The molecule has 0 bridgehead atoms. The van der Waals surface area contributed by atoms with Crippen LogP contribution < -0.4 is 10.6 Å². The van der Waals surface area contributed by atoms with Crippen LogP contribution in [0.2, 0.25) is 0 Å². The molecule has 8 heteroatoms. The molecular formula is C17H23N5O2S. The lowest BCUT2D eigenvalue weighted by Crippen LogP contribution is -2.49. The highest BCUT2D eigenvalue weighted by atomic mass is 32.2. The zero-order valence-corrected chi connectivity index (χ0v) is 15.8. The van der Waals surface area contributed by atoms with Gasteiger partial charge < -0.3 is 5.32 Å². The molecule has 1 aromatic carbocycles. The maximum Gasteiger partial charge on any atom is 0.321 e. The van der Waals surface area contributed by atoms with E-state index in [0.29, 0.717) is 5.16 Å². The van der Waals surface area contributed by atoms with Gasteiger partial charge in [-0.1, -0.05) is 30.0 Å². The second kappa shape index (κ2) is 7.69. The third-order valence-corrected chi connectivity index (χ3v) is 4.23. The number of carbonyl (C=O) groups is 2. The number of hydrogen-bond donors (Lipinski definition) is 2. The van der Waals surface area contributed by atoms with Crippen LogP contribution in [0.5, 0.6) is 0 Å². The lowest BCUT2D eigenvalue weighted by Gasteiger charge is -2.21. The number of benzene rings is 1. The molecule has 1 aromatic heterocycles. The summed E-state index contributed by atoms with van der Waals surface area (Å²) in [6, 6.07) is 9.17. The van der Waals surface area contributed by atoms with E-state index in [9.17, 15) is 9.59 Å². The highest BCUT2D eigenvalue weighted by Gasteiger charge is 2.22. The molecule has 0 spiro atoms. The maximum absolute atomic E-state index is 12.2. The van der Waals surface area contributed by atoms with Gasteiger partial charge >= 0.3 is 6.03 Å². The molecule has 0 aliphatic carbocycles. The summed E-state index contributed by atoms with van der Waals surface area (Å²) in [6.07, 6.45) is 0. The van der Waals surface area contributed by atoms with Crippen molar-refractivity contribution in [1.29, 1.82) is 0 Å². The Hall–Kier alpha value is -2.35. The van der Waals surface area contributed by atoms with Crippen molar-refractivity contribution in [2.45, 2.75) is 50.6 Å². The fraction of sp³-hybridized carbons (Fsp3) is 0.412. The van der Waals surface area contributed by atoms with Crippen LogP contribution in [0.3, 0.4) is 0 Å². The minimum absolute atomic E-state index is 0.382. The summed E-state index contributed by atoms with van der Waals surface area (Å²) in [6.45, 7) is 9.12. The predicted octanol–water partition coefficient (Wildman–Crippen LogP) is 2.68. The standard InChI is InChI=1S/C17H23N5O2S/c1-11(14(23)18-15(24)19-17(3,4)5)25-16-21-20-12(2)22(16)13-9-7-6-8-10-13/h6-11H,1-5H3,(H2,18,19,23,24)/t11-/m0/s1. The van der Waals surface area contributed by atoms with Crippen LogP contribution in [0.15, 0.2) is 35.5 Å². The van der Waals surface area contributed by atoms with Crippen LogP contribution in [0.25, 0.3) is 5.69 Å². The van der Waals surface area contributed by atoms with Crippen molar-refractivity contribution in [3.8, 4) is 5.69 Å². The van der Waals surface area contributed by atoms with Gasteiger partial charge in [0.1, 0.15) is 5.82 Å². The molecule has 0 saturated heterocycles. The van der Waals surface area contributed by atoms with Gasteiger partial charge in [0.25, 0.3) is 0 Å². The molecule has 1 heterocycles. The summed E-state index contributed by atoms with van der Waals surface area (Å²) < 4.78 is 1.88. The van der Waals surface area contributed by atoms with Crippen LogP contribution in [-0.4, -0.2) is 37.5 Å². The SMILES string of the molecule is Cc1nnc(S[C@@H](C)C(=O)NC(=O)NC(C)(C)C)n1-c1ccccc1. The third kappa shape index (κ3) is 5.32. The van der Waals surface area contributed by atoms with Crippen molar-refractivity contribution in [3.63, 3.8) is 0 Å². The number of urea groups is 1. The molecule has 0 radical (unpaired) electrons. The van der Waals surface area contributed by atoms with Gasteiger partial charge in [-0.3, -0.25) is 14.7 Å². The van der Waals surface area contributed by atoms with Gasteiger partial charge in [-0.15, -0.1) is 10.2 Å². The largest absolute Gasteiger partial charge is 0.333 e. The molecule has 0 aliphatic heterocycles. The summed E-state index contributed by atoms with van der Waals surface area (Å²) in [4.78, 5) is 24.1. The number of thioether (sulfide) groups is 1. The average molecular weight is 361 g/mol. The number of amides is 3. The molecule has 25 heavy (non-hydrogen) atoms. The Bertz CT molecular complexity index is 752. The van der Waals surface area contributed by atoms with Crippen molar-refractivity contribution in [2.75, 3.05) is 0 Å². The van der Waals surface area contributed by atoms with Gasteiger partial charge in [0, 0.05) is 11.2 Å². The van der Waals surface area contributed by atoms with E-state index in [4.69, 9.17) is 0 Å². The van der Waals surface area contributed by atoms with Crippen molar-refractivity contribution < 1.29 is 9.59 Å². The van der Waals surface area contributed by atoms with Gasteiger partial charge in [-0.2, -0.15) is 0 Å². The summed E-state index contributed by atoms with van der Waals surface area (Å²) >= 11 is 1.25. The molecule has 134 valence electrons. The van der Waals surface area contributed by atoms with Crippen LogP contribution in [-0.2, 0) is 4.79 Å². The van der Waals surface area contributed by atoms with Crippen molar-refractivity contribution in [2.24, 2.45) is 0 Å². The minimum Gasteiger partial charge on any atom is -0.333 e. The fourth-order valence-electron chi connectivity index (χ4n) is 2.09. The number of carbonyl (C=O) groups excluding carboxylic acids is 2. The number of para-hydroxylation sites is 1. The molecule has 7 nitrogen and oxygen atoms in total. The Balaban J connectivity index is 2.07. The Morgan fingerprint density at radius 2 is 1.80 bits per heavy atom. The van der Waals surface area contributed by atoms with E-state index in [1.54, 1.807) is 6.92 Å². The van der Waals surface area contributed by atoms with Crippen molar-refractivity contribution in [1.82, 2.24) is 25.4 Å². The second-order valence-electron chi connectivity index (χ2n) is 6.65. The maximum atomic E-state index is 12.2. The number of nitrogens with one attached hydrogen (secondary N) is 2.